The molecule has 0 saturated carbocycles. The van der Waals surface area contributed by atoms with E-state index in [4.69, 9.17) is 4.42 Å². The van der Waals surface area contributed by atoms with E-state index in [1.807, 2.05) is 49.4 Å². The molecule has 0 aliphatic carbocycles. The van der Waals surface area contributed by atoms with Crippen molar-refractivity contribution in [1.29, 1.82) is 0 Å². The second kappa shape index (κ2) is 7.93. The smallest absolute Gasteiger partial charge is 0.233 e. The molecule has 0 radical (unpaired) electrons. The molecule has 4 heteroatoms. The lowest BCUT2D eigenvalue weighted by Crippen LogP contribution is -2.39. The van der Waals surface area contributed by atoms with Gasteiger partial charge in [-0.1, -0.05) is 30.3 Å². The minimum Gasteiger partial charge on any atom is -0.469 e. The van der Waals surface area contributed by atoms with Crippen LogP contribution < -0.4 is 5.32 Å². The van der Waals surface area contributed by atoms with Crippen molar-refractivity contribution in [3.8, 4) is 0 Å². The van der Waals surface area contributed by atoms with Crippen LogP contribution in [0.15, 0.2) is 53.1 Å². The van der Waals surface area contributed by atoms with Crippen LogP contribution >= 0.6 is 12.6 Å². The molecule has 112 valence electrons. The average molecular weight is 303 g/mol. The minimum absolute atomic E-state index is 0.0193. The van der Waals surface area contributed by atoms with Gasteiger partial charge < -0.3 is 9.73 Å². The molecule has 1 aromatic carbocycles. The lowest BCUT2D eigenvalue weighted by molar-refractivity contribution is -0.121. The third-order valence-corrected chi connectivity index (χ3v) is 3.78. The van der Waals surface area contributed by atoms with Crippen LogP contribution in [0.4, 0.5) is 0 Å². The van der Waals surface area contributed by atoms with E-state index in [1.165, 1.54) is 0 Å². The Morgan fingerprint density at radius 2 is 2.00 bits per heavy atom. The van der Waals surface area contributed by atoms with Gasteiger partial charge in [-0.25, -0.2) is 0 Å². The molecule has 0 fully saturated rings. The summed E-state index contributed by atoms with van der Waals surface area (Å²) < 4.78 is 5.29. The van der Waals surface area contributed by atoms with Gasteiger partial charge in [0.05, 0.1) is 11.5 Å². The average Bonchev–Trinajstić information content (AvgIpc) is 2.99. The van der Waals surface area contributed by atoms with Gasteiger partial charge in [-0.15, -0.1) is 0 Å². The van der Waals surface area contributed by atoms with Crippen LogP contribution in [0.5, 0.6) is 0 Å². The molecule has 0 aliphatic rings. The number of carbonyl (C=O) groups excluding carboxylic acids is 1. The Labute approximate surface area is 131 Å². The summed E-state index contributed by atoms with van der Waals surface area (Å²) in [6.45, 7) is 2.00. The molecule has 2 aromatic rings. The highest BCUT2D eigenvalue weighted by molar-refractivity contribution is 7.81. The molecule has 0 spiro atoms. The summed E-state index contributed by atoms with van der Waals surface area (Å²) in [5.74, 6) is 0.928. The van der Waals surface area contributed by atoms with Crippen molar-refractivity contribution < 1.29 is 9.21 Å². The molecule has 1 amide bonds. The van der Waals surface area contributed by atoms with Gasteiger partial charge in [0, 0.05) is 12.5 Å². The predicted molar refractivity (Wildman–Crippen MR) is 87.6 cm³/mol. The molecule has 0 saturated heterocycles. The Hall–Kier alpha value is -1.68. The summed E-state index contributed by atoms with van der Waals surface area (Å²) in [5, 5.41) is 2.68. The Kier molecular flexibility index (Phi) is 5.93. The molecule has 21 heavy (non-hydrogen) atoms. The van der Waals surface area contributed by atoms with Gasteiger partial charge in [-0.3, -0.25) is 4.79 Å². The van der Waals surface area contributed by atoms with Gasteiger partial charge in [0.2, 0.25) is 5.91 Å². The van der Waals surface area contributed by atoms with Crippen molar-refractivity contribution in [1.82, 2.24) is 5.32 Å². The van der Waals surface area contributed by atoms with E-state index in [1.54, 1.807) is 6.26 Å². The molecule has 1 N–H and O–H groups in total. The van der Waals surface area contributed by atoms with Crippen LogP contribution in [0, 0.1) is 0 Å². The van der Waals surface area contributed by atoms with Gasteiger partial charge in [0.15, 0.2) is 0 Å². The maximum atomic E-state index is 12.1. The van der Waals surface area contributed by atoms with Gasteiger partial charge >= 0.3 is 0 Å². The molecule has 0 aliphatic heterocycles. The predicted octanol–water partition coefficient (Wildman–Crippen LogP) is 3.26. The van der Waals surface area contributed by atoms with Crippen molar-refractivity contribution in [3.05, 3.63) is 60.1 Å². The number of amides is 1. The van der Waals surface area contributed by atoms with Crippen molar-refractivity contribution in [2.75, 3.05) is 0 Å². The lowest BCUT2D eigenvalue weighted by Gasteiger charge is -2.17. The molecule has 2 rings (SSSR count). The normalized spacial score (nSPS) is 13.6. The Bertz CT molecular complexity index is 539. The maximum absolute atomic E-state index is 12.1. The molecule has 0 bridgehead atoms. The van der Waals surface area contributed by atoms with E-state index in [0.717, 1.165) is 24.2 Å². The number of hydrogen-bond acceptors (Lipinski definition) is 3. The Morgan fingerprint density at radius 3 is 2.67 bits per heavy atom. The first-order chi connectivity index (χ1) is 10.1. The number of rotatable bonds is 7. The first-order valence-corrected chi connectivity index (χ1v) is 7.71. The van der Waals surface area contributed by atoms with Gasteiger partial charge in [-0.05, 0) is 37.5 Å². The molecule has 2 unspecified atom stereocenters. The van der Waals surface area contributed by atoms with Gasteiger partial charge in [0.1, 0.15) is 5.76 Å². The van der Waals surface area contributed by atoms with Crippen molar-refractivity contribution in [3.63, 3.8) is 0 Å². The van der Waals surface area contributed by atoms with Crippen LogP contribution in [0.1, 0.15) is 24.7 Å². The summed E-state index contributed by atoms with van der Waals surface area (Å²) in [7, 11) is 0. The Balaban J connectivity index is 1.74. The van der Waals surface area contributed by atoms with E-state index >= 15 is 0 Å². The zero-order valence-electron chi connectivity index (χ0n) is 12.2. The minimum atomic E-state index is -0.321. The van der Waals surface area contributed by atoms with Crippen LogP contribution in [0.3, 0.4) is 0 Å². The highest BCUT2D eigenvalue weighted by atomic mass is 32.1. The highest BCUT2D eigenvalue weighted by Crippen LogP contribution is 2.10. The molecule has 3 nitrogen and oxygen atoms in total. The third kappa shape index (κ3) is 5.31. The SMILES string of the molecule is CC(CCc1ccco1)NC(=O)C(S)Cc1ccccc1. The number of hydrogen-bond donors (Lipinski definition) is 2. The van der Waals surface area contributed by atoms with Crippen molar-refractivity contribution in [2.24, 2.45) is 0 Å². The second-order valence-corrected chi connectivity index (χ2v) is 5.86. The molecule has 1 aromatic heterocycles. The first-order valence-electron chi connectivity index (χ1n) is 7.20. The zero-order valence-corrected chi connectivity index (χ0v) is 13.1. The fourth-order valence-electron chi connectivity index (χ4n) is 2.15. The summed E-state index contributed by atoms with van der Waals surface area (Å²) in [4.78, 5) is 12.1. The fourth-order valence-corrected chi connectivity index (χ4v) is 2.44. The number of furan rings is 1. The standard InChI is InChI=1S/C17H21NO2S/c1-13(9-10-15-8-5-11-20-15)18-17(19)16(21)12-14-6-3-2-4-7-14/h2-8,11,13,16,21H,9-10,12H2,1H3,(H,18,19). The van der Waals surface area contributed by atoms with Crippen LogP contribution in [-0.4, -0.2) is 17.2 Å². The van der Waals surface area contributed by atoms with E-state index in [0.29, 0.717) is 6.42 Å². The molecular weight excluding hydrogens is 282 g/mol. The summed E-state index contributed by atoms with van der Waals surface area (Å²) in [5.41, 5.74) is 1.12. The molecule has 1 heterocycles. The lowest BCUT2D eigenvalue weighted by atomic mass is 10.1. The van der Waals surface area contributed by atoms with E-state index in [-0.39, 0.29) is 17.2 Å². The monoisotopic (exact) mass is 303 g/mol. The van der Waals surface area contributed by atoms with Crippen LogP contribution in [0.2, 0.25) is 0 Å². The highest BCUT2D eigenvalue weighted by Gasteiger charge is 2.16. The maximum Gasteiger partial charge on any atom is 0.233 e. The number of thiol groups is 1. The summed E-state index contributed by atoms with van der Waals surface area (Å²) in [6.07, 6.45) is 3.98. The fraction of sp³-hybridized carbons (Fsp3) is 0.353. The van der Waals surface area contributed by atoms with Crippen molar-refractivity contribution >= 4 is 18.5 Å². The van der Waals surface area contributed by atoms with Crippen molar-refractivity contribution in [2.45, 2.75) is 37.5 Å². The van der Waals surface area contributed by atoms with Crippen LogP contribution in [0.25, 0.3) is 0 Å². The van der Waals surface area contributed by atoms with E-state index < -0.39 is 0 Å². The number of carbonyl (C=O) groups is 1. The summed E-state index contributed by atoms with van der Waals surface area (Å²) >= 11 is 4.41. The topological polar surface area (TPSA) is 42.2 Å². The largest absolute Gasteiger partial charge is 0.469 e. The van der Waals surface area contributed by atoms with Gasteiger partial charge in [-0.2, -0.15) is 12.6 Å². The number of aryl methyl sites for hydroxylation is 1. The third-order valence-electron chi connectivity index (χ3n) is 3.37. The molecule has 2 atom stereocenters. The Morgan fingerprint density at radius 1 is 1.24 bits per heavy atom. The number of nitrogens with one attached hydrogen (secondary N) is 1. The quantitative estimate of drug-likeness (QED) is 0.771. The number of benzene rings is 1. The second-order valence-electron chi connectivity index (χ2n) is 5.23. The summed E-state index contributed by atoms with van der Waals surface area (Å²) in [6, 6.07) is 13.9. The van der Waals surface area contributed by atoms with E-state index in [9.17, 15) is 4.79 Å². The van der Waals surface area contributed by atoms with Crippen LogP contribution in [-0.2, 0) is 17.6 Å². The zero-order chi connectivity index (χ0) is 15.1. The van der Waals surface area contributed by atoms with E-state index in [2.05, 4.69) is 17.9 Å². The van der Waals surface area contributed by atoms with Gasteiger partial charge in [0.25, 0.3) is 0 Å². The first kappa shape index (κ1) is 15.7. The molecular formula is C17H21NO2S.